The first-order chi connectivity index (χ1) is 15.5. The lowest BCUT2D eigenvalue weighted by molar-refractivity contribution is -0.114. The molecular formula is C24H24N4O3S. The van der Waals surface area contributed by atoms with E-state index in [2.05, 4.69) is 17.0 Å². The van der Waals surface area contributed by atoms with Gasteiger partial charge in [0.25, 0.3) is 5.91 Å². The number of thioether (sulfide) groups is 1. The number of fused-ring (bicyclic) bond motifs is 1. The van der Waals surface area contributed by atoms with E-state index in [0.29, 0.717) is 29.7 Å². The Labute approximate surface area is 191 Å². The smallest absolute Gasteiger partial charge is 0.283 e. The number of rotatable bonds is 8. The summed E-state index contributed by atoms with van der Waals surface area (Å²) >= 11 is 1.35. The highest BCUT2D eigenvalue weighted by Crippen LogP contribution is 2.31. The maximum atomic E-state index is 12.6. The molecule has 0 saturated carbocycles. The van der Waals surface area contributed by atoms with Crippen LogP contribution >= 0.6 is 11.8 Å². The number of aliphatic imine (C=N–C) groups is 1. The molecule has 2 aliphatic heterocycles. The van der Waals surface area contributed by atoms with Crippen LogP contribution in [0.2, 0.25) is 0 Å². The molecule has 0 atom stereocenters. The summed E-state index contributed by atoms with van der Waals surface area (Å²) in [6.07, 6.45) is 3.37. The van der Waals surface area contributed by atoms with Crippen LogP contribution in [0.25, 0.3) is 6.08 Å². The largest absolute Gasteiger partial charge is 0.490 e. The van der Waals surface area contributed by atoms with Crippen molar-refractivity contribution < 1.29 is 14.3 Å². The summed E-state index contributed by atoms with van der Waals surface area (Å²) in [6, 6.07) is 15.2. The number of nitrogens with zero attached hydrogens (tertiary/aromatic N) is 3. The Morgan fingerprint density at radius 1 is 1.12 bits per heavy atom. The maximum absolute atomic E-state index is 12.6. The molecule has 0 radical (unpaired) electrons. The fraction of sp³-hybridized carbons (Fsp3) is 0.250. The quantitative estimate of drug-likeness (QED) is 0.460. The van der Waals surface area contributed by atoms with Crippen molar-refractivity contribution in [2.45, 2.75) is 26.7 Å². The van der Waals surface area contributed by atoms with Crippen LogP contribution in [0.5, 0.6) is 11.5 Å². The molecule has 8 heteroatoms. The third-order valence-electron chi connectivity index (χ3n) is 4.78. The van der Waals surface area contributed by atoms with Crippen molar-refractivity contribution in [3.63, 3.8) is 0 Å². The molecule has 0 spiro atoms. The molecule has 7 nitrogen and oxygen atoms in total. The highest BCUT2D eigenvalue weighted by Gasteiger charge is 2.35. The average molecular weight is 449 g/mol. The molecule has 0 aliphatic carbocycles. The highest BCUT2D eigenvalue weighted by atomic mass is 32.2. The summed E-state index contributed by atoms with van der Waals surface area (Å²) < 4.78 is 11.6. The molecule has 0 saturated heterocycles. The van der Waals surface area contributed by atoms with E-state index in [1.165, 1.54) is 16.8 Å². The van der Waals surface area contributed by atoms with Crippen LogP contribution in [-0.2, 0) is 4.79 Å². The van der Waals surface area contributed by atoms with Gasteiger partial charge in [-0.15, -0.1) is 0 Å². The number of hydrogen-bond acceptors (Lipinski definition) is 6. The van der Waals surface area contributed by atoms with Gasteiger partial charge in [0.1, 0.15) is 29.8 Å². The molecule has 164 valence electrons. The number of hydrazone groups is 1. The summed E-state index contributed by atoms with van der Waals surface area (Å²) in [7, 11) is 0. The first kappa shape index (κ1) is 21.8. The Hall–Kier alpha value is -3.39. The molecule has 0 bridgehead atoms. The van der Waals surface area contributed by atoms with Crippen molar-refractivity contribution in [1.29, 1.82) is 5.41 Å². The minimum absolute atomic E-state index is 0.0242. The molecule has 0 unspecified atom stereocenters. The number of hydrogen-bond donors (Lipinski definition) is 1. The number of amidine groups is 2. The summed E-state index contributed by atoms with van der Waals surface area (Å²) in [6.45, 7) is 4.81. The van der Waals surface area contributed by atoms with Crippen molar-refractivity contribution in [1.82, 2.24) is 5.01 Å². The number of para-hydroxylation sites is 1. The normalized spacial score (nSPS) is 16.7. The van der Waals surface area contributed by atoms with E-state index in [1.807, 2.05) is 55.5 Å². The van der Waals surface area contributed by atoms with Gasteiger partial charge in [0.2, 0.25) is 5.17 Å². The first-order valence-electron chi connectivity index (χ1n) is 10.5. The molecule has 0 fully saturated rings. The van der Waals surface area contributed by atoms with Gasteiger partial charge >= 0.3 is 0 Å². The number of amides is 1. The lowest BCUT2D eigenvalue weighted by Crippen LogP contribution is -2.35. The third kappa shape index (κ3) is 4.91. The first-order valence-corrected chi connectivity index (χ1v) is 11.3. The summed E-state index contributed by atoms with van der Waals surface area (Å²) in [5, 5.41) is 15.7. The predicted molar refractivity (Wildman–Crippen MR) is 129 cm³/mol. The number of carbonyl (C=O) groups is 1. The van der Waals surface area contributed by atoms with Crippen LogP contribution in [0.15, 0.2) is 64.2 Å². The second kappa shape index (κ2) is 9.82. The second-order valence-corrected chi connectivity index (χ2v) is 8.36. The molecule has 0 aromatic heterocycles. The molecule has 32 heavy (non-hydrogen) atoms. The Kier molecular flexibility index (Phi) is 6.70. The number of carbonyl (C=O) groups excluding carboxylic acids is 1. The van der Waals surface area contributed by atoms with Gasteiger partial charge in [-0.05, 0) is 61.4 Å². The zero-order valence-electron chi connectivity index (χ0n) is 18.0. The monoisotopic (exact) mass is 448 g/mol. The standard InChI is InChI=1S/C24H24N4O3S/c1-3-7-21-27-28-22(25)19(23(29)26-24(28)32-21)15-17-9-4-5-11-20(17)31-13-12-30-18-10-6-8-16(2)14-18/h4-6,8-11,14-15,25H,3,7,12-13H2,1-2H3/b19-15-,25-22?. The zero-order valence-corrected chi connectivity index (χ0v) is 18.8. The van der Waals surface area contributed by atoms with E-state index < -0.39 is 5.91 Å². The van der Waals surface area contributed by atoms with Gasteiger partial charge < -0.3 is 9.47 Å². The van der Waals surface area contributed by atoms with Gasteiger partial charge in [-0.25, -0.2) is 0 Å². The number of ether oxygens (including phenoxy) is 2. The lowest BCUT2D eigenvalue weighted by Gasteiger charge is -2.20. The molecule has 2 aromatic carbocycles. The molecule has 2 heterocycles. The van der Waals surface area contributed by atoms with Gasteiger partial charge in [-0.3, -0.25) is 10.2 Å². The van der Waals surface area contributed by atoms with Crippen LogP contribution in [0.3, 0.4) is 0 Å². The van der Waals surface area contributed by atoms with E-state index in [-0.39, 0.29) is 11.4 Å². The minimum Gasteiger partial charge on any atom is -0.490 e. The Morgan fingerprint density at radius 2 is 1.94 bits per heavy atom. The molecule has 4 rings (SSSR count). The molecular weight excluding hydrogens is 424 g/mol. The van der Waals surface area contributed by atoms with Gasteiger partial charge in [0.05, 0.1) is 5.57 Å². The Morgan fingerprint density at radius 3 is 2.75 bits per heavy atom. The molecule has 2 aliphatic rings. The summed E-state index contributed by atoms with van der Waals surface area (Å²) in [5.41, 5.74) is 2.01. The predicted octanol–water partition coefficient (Wildman–Crippen LogP) is 4.87. The van der Waals surface area contributed by atoms with E-state index in [9.17, 15) is 4.79 Å². The summed E-state index contributed by atoms with van der Waals surface area (Å²) in [5.74, 6) is 0.982. The van der Waals surface area contributed by atoms with Crippen LogP contribution in [-0.4, -0.2) is 40.2 Å². The zero-order chi connectivity index (χ0) is 22.5. The highest BCUT2D eigenvalue weighted by molar-refractivity contribution is 8.26. The van der Waals surface area contributed by atoms with Crippen LogP contribution in [0, 0.1) is 12.3 Å². The lowest BCUT2D eigenvalue weighted by atomic mass is 10.1. The molecule has 2 aromatic rings. The average Bonchev–Trinajstić information content (AvgIpc) is 3.18. The fourth-order valence-electron chi connectivity index (χ4n) is 3.25. The Balaban J connectivity index is 1.46. The number of benzene rings is 2. The van der Waals surface area contributed by atoms with Crippen molar-refractivity contribution in [2.75, 3.05) is 13.2 Å². The SMILES string of the molecule is CCCC1=NN2C(=N)/C(=C/c3ccccc3OCCOc3cccc(C)c3)C(=O)N=C2S1. The van der Waals surface area contributed by atoms with E-state index in [4.69, 9.17) is 14.9 Å². The summed E-state index contributed by atoms with van der Waals surface area (Å²) in [4.78, 5) is 16.8. The van der Waals surface area contributed by atoms with Gasteiger partial charge in [-0.2, -0.15) is 15.1 Å². The van der Waals surface area contributed by atoms with Crippen LogP contribution < -0.4 is 9.47 Å². The van der Waals surface area contributed by atoms with E-state index in [1.54, 1.807) is 6.08 Å². The second-order valence-electron chi connectivity index (χ2n) is 7.32. The molecule has 1 N–H and O–H groups in total. The van der Waals surface area contributed by atoms with Gasteiger partial charge in [0.15, 0.2) is 5.84 Å². The fourth-order valence-corrected chi connectivity index (χ4v) is 4.24. The maximum Gasteiger partial charge on any atom is 0.283 e. The van der Waals surface area contributed by atoms with Crippen molar-refractivity contribution in [3.05, 3.63) is 65.2 Å². The van der Waals surface area contributed by atoms with Crippen molar-refractivity contribution in [3.8, 4) is 11.5 Å². The third-order valence-corrected chi connectivity index (χ3v) is 5.75. The van der Waals surface area contributed by atoms with Gasteiger partial charge in [0, 0.05) is 5.56 Å². The number of nitrogens with one attached hydrogen (secondary N) is 1. The van der Waals surface area contributed by atoms with E-state index in [0.717, 1.165) is 29.2 Å². The number of aryl methyl sites for hydroxylation is 1. The van der Waals surface area contributed by atoms with Crippen molar-refractivity contribution >= 4 is 39.8 Å². The van der Waals surface area contributed by atoms with Crippen molar-refractivity contribution in [2.24, 2.45) is 10.1 Å². The van der Waals surface area contributed by atoms with Crippen LogP contribution in [0.1, 0.15) is 30.9 Å². The molecule has 1 amide bonds. The topological polar surface area (TPSA) is 87.3 Å². The minimum atomic E-state index is -0.445. The van der Waals surface area contributed by atoms with E-state index >= 15 is 0 Å². The van der Waals surface area contributed by atoms with Crippen LogP contribution in [0.4, 0.5) is 0 Å². The Bertz CT molecular complexity index is 1140. The van der Waals surface area contributed by atoms with Gasteiger partial charge in [-0.1, -0.05) is 37.3 Å².